The normalized spacial score (nSPS) is 19.4. The number of thiazole rings is 1. The summed E-state index contributed by atoms with van der Waals surface area (Å²) >= 11 is 1.29. The molecule has 264 valence electrons. The number of nitrogens with two attached hydrogens (primary N) is 1. The molecule has 0 aromatic carbocycles. The van der Waals surface area contributed by atoms with Gasteiger partial charge in [-0.15, -0.1) is 11.3 Å². The minimum atomic E-state index is -0.535. The number of ether oxygens (including phenoxy) is 3. The van der Waals surface area contributed by atoms with Gasteiger partial charge in [0.25, 0.3) is 5.91 Å². The van der Waals surface area contributed by atoms with Crippen LogP contribution in [0, 0.1) is 18.3 Å². The molecule has 2 aliphatic rings. The van der Waals surface area contributed by atoms with Crippen LogP contribution in [0.5, 0.6) is 11.9 Å². The van der Waals surface area contributed by atoms with Gasteiger partial charge < -0.3 is 40.8 Å². The van der Waals surface area contributed by atoms with Crippen molar-refractivity contribution in [1.29, 1.82) is 5.41 Å². The Morgan fingerprint density at radius 2 is 1.86 bits per heavy atom. The molecule has 5 rings (SSSR count). The molecule has 49 heavy (non-hydrogen) atoms. The number of piperidine rings is 1. The van der Waals surface area contributed by atoms with Gasteiger partial charge in [0, 0.05) is 31.4 Å². The molecule has 0 spiro atoms. The Morgan fingerprint density at radius 3 is 2.59 bits per heavy atom. The van der Waals surface area contributed by atoms with Crippen molar-refractivity contribution in [3.8, 4) is 11.9 Å². The Labute approximate surface area is 289 Å². The maximum Gasteiger partial charge on any atom is 0.407 e. The standard InChI is InChI=1S/C32H45N11O5S/c1-18-38-29(47-16-19-8-10-20(11-9-19)40-31(45)48-32(2,3)4)24(49-18)28(44)39-21-7-6-14-43(15-21)26(34)23-25(33)36-17-37-27(23)41-22-12-13-35-30(42-22)46-5/h12-13,17,19-21,34H,6-11,14-16H2,1-5H3,(H,39,44)(H,40,45)(H3,33,35,36,37,41,42). The molecular formula is C32H45N11O5S. The summed E-state index contributed by atoms with van der Waals surface area (Å²) in [5.41, 5.74) is 6.04. The first-order valence-electron chi connectivity index (χ1n) is 16.4. The number of carbonyl (C=O) groups is 2. The second-order valence-electron chi connectivity index (χ2n) is 13.2. The Morgan fingerprint density at radius 1 is 1.08 bits per heavy atom. The van der Waals surface area contributed by atoms with Crippen LogP contribution < -0.4 is 31.2 Å². The number of methoxy groups -OCH3 is 1. The Bertz CT molecular complexity index is 1640. The zero-order valence-electron chi connectivity index (χ0n) is 28.5. The largest absolute Gasteiger partial charge is 0.476 e. The number of amides is 2. The lowest BCUT2D eigenvalue weighted by Gasteiger charge is -2.35. The van der Waals surface area contributed by atoms with E-state index in [0.717, 1.165) is 43.5 Å². The van der Waals surface area contributed by atoms with Gasteiger partial charge in [-0.1, -0.05) is 0 Å². The summed E-state index contributed by atoms with van der Waals surface area (Å²) in [6, 6.07) is 1.68. The number of aryl methyl sites for hydroxylation is 1. The highest BCUT2D eigenvalue weighted by Gasteiger charge is 2.30. The monoisotopic (exact) mass is 695 g/mol. The summed E-state index contributed by atoms with van der Waals surface area (Å²) in [5, 5.41) is 19.0. The molecule has 1 aliphatic heterocycles. The molecule has 17 heteroatoms. The van der Waals surface area contributed by atoms with Gasteiger partial charge in [0.15, 0.2) is 4.88 Å². The van der Waals surface area contributed by atoms with Gasteiger partial charge in [0.2, 0.25) is 5.88 Å². The van der Waals surface area contributed by atoms with E-state index in [1.54, 1.807) is 12.3 Å². The lowest BCUT2D eigenvalue weighted by Crippen LogP contribution is -2.49. The molecule has 6 N–H and O–H groups in total. The smallest absolute Gasteiger partial charge is 0.407 e. The van der Waals surface area contributed by atoms with E-state index >= 15 is 0 Å². The van der Waals surface area contributed by atoms with E-state index in [1.165, 1.54) is 24.8 Å². The van der Waals surface area contributed by atoms with E-state index in [9.17, 15) is 9.59 Å². The molecule has 3 aromatic rings. The van der Waals surface area contributed by atoms with Gasteiger partial charge in [-0.2, -0.15) is 4.98 Å². The summed E-state index contributed by atoms with van der Waals surface area (Å²) in [7, 11) is 1.47. The lowest BCUT2D eigenvalue weighted by atomic mass is 9.86. The van der Waals surface area contributed by atoms with Crippen LogP contribution in [0.3, 0.4) is 0 Å². The van der Waals surface area contributed by atoms with Crippen molar-refractivity contribution in [2.75, 3.05) is 37.9 Å². The molecular weight excluding hydrogens is 650 g/mol. The van der Waals surface area contributed by atoms with Crippen molar-refractivity contribution in [2.45, 2.75) is 83.9 Å². The predicted octanol–water partition coefficient (Wildman–Crippen LogP) is 4.05. The fraction of sp³-hybridized carbons (Fsp3) is 0.562. The maximum absolute atomic E-state index is 13.5. The molecule has 1 saturated heterocycles. The molecule has 0 bridgehead atoms. The number of amidine groups is 1. The van der Waals surface area contributed by atoms with Crippen LogP contribution in [-0.4, -0.2) is 92.1 Å². The van der Waals surface area contributed by atoms with Crippen molar-refractivity contribution in [2.24, 2.45) is 5.92 Å². The molecule has 0 radical (unpaired) electrons. The van der Waals surface area contributed by atoms with Crippen molar-refractivity contribution in [3.63, 3.8) is 0 Å². The van der Waals surface area contributed by atoms with Gasteiger partial charge in [-0.25, -0.2) is 24.7 Å². The molecule has 1 unspecified atom stereocenters. The molecule has 16 nitrogen and oxygen atoms in total. The third-order valence-corrected chi connectivity index (χ3v) is 9.13. The van der Waals surface area contributed by atoms with Crippen LogP contribution in [0.1, 0.15) is 79.5 Å². The maximum atomic E-state index is 13.5. The molecule has 1 aliphatic carbocycles. The van der Waals surface area contributed by atoms with Crippen molar-refractivity contribution >= 4 is 46.6 Å². The lowest BCUT2D eigenvalue weighted by molar-refractivity contribution is 0.0483. The number of anilines is 3. The predicted molar refractivity (Wildman–Crippen MR) is 185 cm³/mol. The number of hydrogen-bond donors (Lipinski definition) is 5. The molecule has 1 saturated carbocycles. The number of carbonyl (C=O) groups excluding carboxylic acids is 2. The van der Waals surface area contributed by atoms with E-state index < -0.39 is 11.7 Å². The summed E-state index contributed by atoms with van der Waals surface area (Å²) < 4.78 is 16.6. The first-order valence-corrected chi connectivity index (χ1v) is 17.2. The summed E-state index contributed by atoms with van der Waals surface area (Å²) in [6.07, 6.45) is 7.40. The van der Waals surface area contributed by atoms with Gasteiger partial charge >= 0.3 is 12.1 Å². The highest BCUT2D eigenvalue weighted by atomic mass is 32.1. The van der Waals surface area contributed by atoms with Crippen LogP contribution in [0.4, 0.5) is 22.2 Å². The first-order chi connectivity index (χ1) is 23.4. The van der Waals surface area contributed by atoms with Crippen LogP contribution >= 0.6 is 11.3 Å². The van der Waals surface area contributed by atoms with E-state index in [0.29, 0.717) is 47.7 Å². The number of nitrogen functional groups attached to an aromatic ring is 1. The van der Waals surface area contributed by atoms with E-state index in [-0.39, 0.29) is 41.6 Å². The average molecular weight is 696 g/mol. The highest BCUT2D eigenvalue weighted by Crippen LogP contribution is 2.30. The molecule has 3 aromatic heterocycles. The Kier molecular flexibility index (Phi) is 11.3. The van der Waals surface area contributed by atoms with Crippen LogP contribution in [0.25, 0.3) is 0 Å². The zero-order chi connectivity index (χ0) is 35.1. The third-order valence-electron chi connectivity index (χ3n) is 8.18. The van der Waals surface area contributed by atoms with Crippen molar-refractivity contribution in [1.82, 2.24) is 40.5 Å². The summed E-state index contributed by atoms with van der Waals surface area (Å²) in [6.45, 7) is 8.83. The number of nitrogens with one attached hydrogen (secondary N) is 4. The number of alkyl carbamates (subject to hydrolysis) is 1. The van der Waals surface area contributed by atoms with E-state index in [4.69, 9.17) is 25.4 Å². The van der Waals surface area contributed by atoms with Gasteiger partial charge in [-0.05, 0) is 78.2 Å². The minimum Gasteiger partial charge on any atom is -0.476 e. The van der Waals surface area contributed by atoms with Gasteiger partial charge in [0.05, 0.1) is 18.7 Å². The average Bonchev–Trinajstić information content (AvgIpc) is 3.44. The van der Waals surface area contributed by atoms with Crippen LogP contribution in [0.15, 0.2) is 18.6 Å². The quantitative estimate of drug-likeness (QED) is 0.150. The number of likely N-dealkylation sites (tertiary alicyclic amines) is 1. The minimum absolute atomic E-state index is 0.0710. The van der Waals surface area contributed by atoms with Crippen LogP contribution in [-0.2, 0) is 4.74 Å². The zero-order valence-corrected chi connectivity index (χ0v) is 29.4. The highest BCUT2D eigenvalue weighted by molar-refractivity contribution is 7.13. The summed E-state index contributed by atoms with van der Waals surface area (Å²) in [5.74, 6) is 1.38. The van der Waals surface area contributed by atoms with Gasteiger partial charge in [0.1, 0.15) is 40.8 Å². The van der Waals surface area contributed by atoms with Crippen molar-refractivity contribution in [3.05, 3.63) is 34.0 Å². The third kappa shape index (κ3) is 9.64. The van der Waals surface area contributed by atoms with E-state index in [2.05, 4.69) is 40.9 Å². The number of aromatic nitrogens is 5. The molecule has 2 fully saturated rings. The molecule has 1 atom stereocenters. The van der Waals surface area contributed by atoms with Crippen molar-refractivity contribution < 1.29 is 23.8 Å². The van der Waals surface area contributed by atoms with Crippen LogP contribution in [0.2, 0.25) is 0 Å². The molecule has 4 heterocycles. The second kappa shape index (κ2) is 15.6. The first kappa shape index (κ1) is 35.5. The Hall–Kier alpha value is -4.80. The molecule has 2 amide bonds. The Balaban J connectivity index is 1.16. The fourth-order valence-electron chi connectivity index (χ4n) is 5.86. The van der Waals surface area contributed by atoms with E-state index in [1.807, 2.05) is 32.6 Å². The summed E-state index contributed by atoms with van der Waals surface area (Å²) in [4.78, 5) is 49.2. The topological polar surface area (TPSA) is 215 Å². The number of hydrogen-bond acceptors (Lipinski definition) is 14. The second-order valence-corrected chi connectivity index (χ2v) is 14.4. The SMILES string of the molecule is COc1nccc(Nc2ncnc(N)c2C(=N)N2CCCC(NC(=O)c3sc(C)nc3OCC3CCC(NC(=O)OC(C)(C)C)CC3)C2)n1. The fourth-order valence-corrected chi connectivity index (χ4v) is 6.63. The number of nitrogens with zero attached hydrogens (tertiary/aromatic N) is 6. The van der Waals surface area contributed by atoms with Gasteiger partial charge in [-0.3, -0.25) is 10.2 Å². The number of rotatable bonds is 10.